The largest absolute Gasteiger partial charge is 0.481 e. The standard InChI is InChI=1S/C22H22O4/c1-16-20-19(15-24-13-8-14-25-21(20)23)22(26-16,17-9-4-2-5-10-17)18-11-6-3-7-12-18/h2-7,9-12,19H,8,13-15H2,1H3. The molecule has 0 amide bonds. The summed E-state index contributed by atoms with van der Waals surface area (Å²) in [4.78, 5) is 12.7. The van der Waals surface area contributed by atoms with Crippen LogP contribution < -0.4 is 0 Å². The Kier molecular flexibility index (Phi) is 4.51. The summed E-state index contributed by atoms with van der Waals surface area (Å²) < 4.78 is 17.9. The van der Waals surface area contributed by atoms with Gasteiger partial charge in [0.25, 0.3) is 0 Å². The van der Waals surface area contributed by atoms with Crippen LogP contribution in [-0.2, 0) is 24.6 Å². The van der Waals surface area contributed by atoms with E-state index in [0.29, 0.717) is 37.6 Å². The number of ether oxygens (including phenoxy) is 3. The third-order valence-electron chi connectivity index (χ3n) is 5.11. The van der Waals surface area contributed by atoms with Gasteiger partial charge in [0, 0.05) is 24.2 Å². The molecule has 4 heteroatoms. The molecular weight excluding hydrogens is 328 g/mol. The van der Waals surface area contributed by atoms with E-state index in [4.69, 9.17) is 14.2 Å². The van der Waals surface area contributed by atoms with E-state index in [0.717, 1.165) is 11.1 Å². The molecule has 1 saturated heterocycles. The van der Waals surface area contributed by atoms with Crippen LogP contribution in [0.4, 0.5) is 0 Å². The minimum atomic E-state index is -0.800. The van der Waals surface area contributed by atoms with E-state index >= 15 is 0 Å². The summed E-state index contributed by atoms with van der Waals surface area (Å²) in [7, 11) is 0. The highest BCUT2D eigenvalue weighted by Gasteiger charge is 2.54. The highest BCUT2D eigenvalue weighted by atomic mass is 16.5. The van der Waals surface area contributed by atoms with Crippen molar-refractivity contribution in [3.05, 3.63) is 83.1 Å². The number of hydrogen-bond acceptors (Lipinski definition) is 4. The second kappa shape index (κ2) is 6.96. The summed E-state index contributed by atoms with van der Waals surface area (Å²) >= 11 is 0. The lowest BCUT2D eigenvalue weighted by Gasteiger charge is -2.36. The van der Waals surface area contributed by atoms with Gasteiger partial charge in [-0.2, -0.15) is 0 Å². The monoisotopic (exact) mass is 350 g/mol. The van der Waals surface area contributed by atoms with Crippen molar-refractivity contribution in [1.29, 1.82) is 0 Å². The summed E-state index contributed by atoms with van der Waals surface area (Å²) in [6.45, 7) is 3.18. The third-order valence-corrected chi connectivity index (χ3v) is 5.11. The maximum absolute atomic E-state index is 12.7. The van der Waals surface area contributed by atoms with Crippen molar-refractivity contribution in [2.45, 2.75) is 18.9 Å². The van der Waals surface area contributed by atoms with Crippen molar-refractivity contribution in [1.82, 2.24) is 0 Å². The number of benzene rings is 2. The molecule has 1 unspecified atom stereocenters. The zero-order valence-corrected chi connectivity index (χ0v) is 14.8. The summed E-state index contributed by atoms with van der Waals surface area (Å²) in [5.74, 6) is 0.0443. The fourth-order valence-corrected chi connectivity index (χ4v) is 3.97. The second-order valence-electron chi connectivity index (χ2n) is 6.66. The number of esters is 1. The van der Waals surface area contributed by atoms with Crippen molar-refractivity contribution >= 4 is 5.97 Å². The molecule has 1 atom stereocenters. The second-order valence-corrected chi connectivity index (χ2v) is 6.66. The minimum absolute atomic E-state index is 0.266. The molecule has 134 valence electrons. The summed E-state index contributed by atoms with van der Waals surface area (Å²) in [5, 5.41) is 0. The van der Waals surface area contributed by atoms with Crippen LogP contribution in [-0.4, -0.2) is 25.8 Å². The van der Waals surface area contributed by atoms with Crippen molar-refractivity contribution in [2.24, 2.45) is 5.92 Å². The maximum atomic E-state index is 12.7. The van der Waals surface area contributed by atoms with Gasteiger partial charge in [0.1, 0.15) is 5.76 Å². The van der Waals surface area contributed by atoms with Gasteiger partial charge in [-0.25, -0.2) is 4.79 Å². The molecule has 0 spiro atoms. The van der Waals surface area contributed by atoms with E-state index in [1.807, 2.05) is 67.6 Å². The number of allylic oxidation sites excluding steroid dienone is 1. The Hall–Kier alpha value is -2.59. The van der Waals surface area contributed by atoms with Gasteiger partial charge in [-0.3, -0.25) is 0 Å². The molecule has 26 heavy (non-hydrogen) atoms. The summed E-state index contributed by atoms with van der Waals surface area (Å²) in [5.41, 5.74) is 1.78. The average molecular weight is 350 g/mol. The van der Waals surface area contributed by atoms with E-state index in [-0.39, 0.29) is 11.9 Å². The Bertz CT molecular complexity index is 771. The molecule has 0 aromatic heterocycles. The number of hydrogen-bond donors (Lipinski definition) is 0. The maximum Gasteiger partial charge on any atom is 0.337 e. The first-order chi connectivity index (χ1) is 12.7. The molecule has 4 nitrogen and oxygen atoms in total. The minimum Gasteiger partial charge on any atom is -0.481 e. The predicted octanol–water partition coefficient (Wildman–Crippen LogP) is 3.81. The van der Waals surface area contributed by atoms with Crippen LogP contribution in [0.3, 0.4) is 0 Å². The van der Waals surface area contributed by atoms with E-state index in [1.54, 1.807) is 0 Å². The van der Waals surface area contributed by atoms with Gasteiger partial charge < -0.3 is 14.2 Å². The topological polar surface area (TPSA) is 44.8 Å². The molecule has 2 aliphatic rings. The van der Waals surface area contributed by atoms with E-state index in [1.165, 1.54) is 0 Å². The van der Waals surface area contributed by atoms with Crippen molar-refractivity contribution in [3.8, 4) is 0 Å². The number of carbonyl (C=O) groups is 1. The molecule has 0 bridgehead atoms. The lowest BCUT2D eigenvalue weighted by atomic mass is 9.74. The first-order valence-corrected chi connectivity index (χ1v) is 8.99. The van der Waals surface area contributed by atoms with Crippen LogP contribution in [0.25, 0.3) is 0 Å². The smallest absolute Gasteiger partial charge is 0.337 e. The van der Waals surface area contributed by atoms with Crippen LogP contribution in [0.1, 0.15) is 24.5 Å². The molecule has 1 fully saturated rings. The Morgan fingerprint density at radius 3 is 2.15 bits per heavy atom. The zero-order valence-electron chi connectivity index (χ0n) is 14.8. The molecule has 0 radical (unpaired) electrons. The molecular formula is C22H22O4. The normalized spacial score (nSPS) is 22.5. The molecule has 2 aromatic rings. The van der Waals surface area contributed by atoms with Gasteiger partial charge in [0.05, 0.1) is 24.7 Å². The van der Waals surface area contributed by atoms with Crippen molar-refractivity contribution in [2.75, 3.05) is 19.8 Å². The fourth-order valence-electron chi connectivity index (χ4n) is 3.97. The Morgan fingerprint density at radius 2 is 1.54 bits per heavy atom. The first kappa shape index (κ1) is 16.9. The number of fused-ring (bicyclic) bond motifs is 1. The SMILES string of the molecule is CC1=C2C(=O)OCCCOCC2C(c2ccccc2)(c2ccccc2)O1. The van der Waals surface area contributed by atoms with Crippen LogP contribution >= 0.6 is 0 Å². The Labute approximate surface area is 153 Å². The molecule has 2 aromatic carbocycles. The fraction of sp³-hybridized carbons (Fsp3) is 0.318. The molecule has 2 aliphatic heterocycles. The summed E-state index contributed by atoms with van der Waals surface area (Å²) in [6.07, 6.45) is 0.704. The quantitative estimate of drug-likeness (QED) is 0.773. The van der Waals surface area contributed by atoms with Crippen LogP contribution in [0.2, 0.25) is 0 Å². The van der Waals surface area contributed by atoms with E-state index in [9.17, 15) is 4.79 Å². The number of cyclic esters (lactones) is 1. The molecule has 2 heterocycles. The highest BCUT2D eigenvalue weighted by Crippen LogP contribution is 2.51. The van der Waals surface area contributed by atoms with Crippen LogP contribution in [0, 0.1) is 5.92 Å². The van der Waals surface area contributed by atoms with E-state index in [2.05, 4.69) is 0 Å². The van der Waals surface area contributed by atoms with Gasteiger partial charge in [0.2, 0.25) is 0 Å². The van der Waals surface area contributed by atoms with Crippen LogP contribution in [0.15, 0.2) is 72.0 Å². The molecule has 0 N–H and O–H groups in total. The predicted molar refractivity (Wildman–Crippen MR) is 97.3 cm³/mol. The number of carbonyl (C=O) groups excluding carboxylic acids is 1. The molecule has 0 aliphatic carbocycles. The number of rotatable bonds is 2. The first-order valence-electron chi connectivity index (χ1n) is 8.99. The average Bonchev–Trinajstić information content (AvgIpc) is 3.02. The molecule has 0 saturated carbocycles. The van der Waals surface area contributed by atoms with Crippen molar-refractivity contribution in [3.63, 3.8) is 0 Å². The highest BCUT2D eigenvalue weighted by molar-refractivity contribution is 5.91. The van der Waals surface area contributed by atoms with Gasteiger partial charge in [-0.1, -0.05) is 60.7 Å². The zero-order chi connectivity index (χ0) is 18.0. The van der Waals surface area contributed by atoms with Crippen molar-refractivity contribution < 1.29 is 19.0 Å². The van der Waals surface area contributed by atoms with Gasteiger partial charge in [0.15, 0.2) is 5.60 Å². The summed E-state index contributed by atoms with van der Waals surface area (Å²) in [6, 6.07) is 20.1. The molecule has 4 rings (SSSR count). The van der Waals surface area contributed by atoms with Crippen LogP contribution in [0.5, 0.6) is 0 Å². The van der Waals surface area contributed by atoms with Gasteiger partial charge >= 0.3 is 5.97 Å². The third kappa shape index (κ3) is 2.71. The van der Waals surface area contributed by atoms with Gasteiger partial charge in [-0.05, 0) is 6.92 Å². The Morgan fingerprint density at radius 1 is 0.923 bits per heavy atom. The van der Waals surface area contributed by atoms with Gasteiger partial charge in [-0.15, -0.1) is 0 Å². The lowest BCUT2D eigenvalue weighted by molar-refractivity contribution is -0.139. The van der Waals surface area contributed by atoms with E-state index < -0.39 is 5.60 Å². The lowest BCUT2D eigenvalue weighted by Crippen LogP contribution is -2.39. The Balaban J connectivity index is 1.91.